The van der Waals surface area contributed by atoms with Crippen molar-refractivity contribution < 1.29 is 0 Å². The summed E-state index contributed by atoms with van der Waals surface area (Å²) in [5, 5.41) is 7.87. The molecule has 12 rings (SSSR count). The van der Waals surface area contributed by atoms with E-state index in [1.54, 1.807) is 0 Å². The van der Waals surface area contributed by atoms with E-state index in [4.69, 9.17) is 0 Å². The van der Waals surface area contributed by atoms with Gasteiger partial charge >= 0.3 is 0 Å². The van der Waals surface area contributed by atoms with Crippen LogP contribution in [0.2, 0.25) is 0 Å². The molecule has 0 N–H and O–H groups in total. The number of hydrogen-bond acceptors (Lipinski definition) is 1. The van der Waals surface area contributed by atoms with E-state index in [9.17, 15) is 0 Å². The summed E-state index contributed by atoms with van der Waals surface area (Å²) in [6, 6.07) is 60.6. The molecule has 294 valence electrons. The summed E-state index contributed by atoms with van der Waals surface area (Å²) < 4.78 is 7.76. The summed E-state index contributed by atoms with van der Waals surface area (Å²) >= 11 is 1.88. The van der Waals surface area contributed by atoms with Crippen LogP contribution in [0.3, 0.4) is 0 Å². The molecule has 3 aromatic heterocycles. The normalized spacial score (nSPS) is 11.9. The van der Waals surface area contributed by atoms with Crippen molar-refractivity contribution in [3.8, 4) is 44.8 Å². The van der Waals surface area contributed by atoms with Crippen molar-refractivity contribution in [2.75, 3.05) is 0 Å². The molecule has 0 atom stereocenters. The third-order valence-electron chi connectivity index (χ3n) is 14.6. The van der Waals surface area contributed by atoms with E-state index in [-0.39, 0.29) is 0 Å². The molecule has 0 saturated heterocycles. The first-order valence-corrected chi connectivity index (χ1v) is 23.3. The fourth-order valence-corrected chi connectivity index (χ4v) is 12.3. The van der Waals surface area contributed by atoms with E-state index in [2.05, 4.69) is 228 Å². The Morgan fingerprint density at radius 3 is 1.67 bits per heavy atom. The van der Waals surface area contributed by atoms with Crippen LogP contribution in [0.5, 0.6) is 0 Å². The first kappa shape index (κ1) is 38.9. The number of para-hydroxylation sites is 1. The Morgan fingerprint density at radius 1 is 0.328 bits per heavy atom. The van der Waals surface area contributed by atoms with Gasteiger partial charge in [-0.15, -0.1) is 16.8 Å². The summed E-state index contributed by atoms with van der Waals surface area (Å²) in [5.74, 6) is 0. The highest BCUT2D eigenvalue weighted by Gasteiger charge is 2.27. The average Bonchev–Trinajstić information content (AvgIpc) is 4.01. The largest absolute Gasteiger partial charge is 0.310 e. The SMILES string of the molecule is Bc1c(B)c(B)c2c(c1B)c1c(B)c(-c3ccc4c(c3)c3c(-c5ccccc5)cccc3n4-c3cccc4sc5ccccc5c34)c(B)c(B)c1n2-c1ccccc1-c1ccccc1. The minimum atomic E-state index is 1.21. The van der Waals surface area contributed by atoms with E-state index in [0.717, 1.165) is 0 Å². The smallest absolute Gasteiger partial charge is 0.141 e. The van der Waals surface area contributed by atoms with Crippen molar-refractivity contribution in [1.82, 2.24) is 9.13 Å². The van der Waals surface area contributed by atoms with Gasteiger partial charge in [-0.25, -0.2) is 0 Å². The zero-order valence-corrected chi connectivity index (χ0v) is 38.2. The van der Waals surface area contributed by atoms with E-state index >= 15 is 0 Å². The maximum Gasteiger partial charge on any atom is 0.141 e. The lowest BCUT2D eigenvalue weighted by Crippen LogP contribution is -2.48. The van der Waals surface area contributed by atoms with Gasteiger partial charge in [0.1, 0.15) is 54.9 Å². The highest BCUT2D eigenvalue weighted by atomic mass is 32.1. The molecule has 0 aliphatic heterocycles. The van der Waals surface area contributed by atoms with Crippen LogP contribution in [0.25, 0.3) is 109 Å². The third kappa shape index (κ3) is 5.48. The van der Waals surface area contributed by atoms with Crippen molar-refractivity contribution >= 4 is 168 Å². The van der Waals surface area contributed by atoms with E-state index in [1.807, 2.05) is 11.3 Å². The summed E-state index contributed by atoms with van der Waals surface area (Å²) in [6.07, 6.45) is 0. The van der Waals surface area contributed by atoms with E-state index < -0.39 is 0 Å². The minimum Gasteiger partial charge on any atom is -0.310 e. The molecule has 9 aromatic carbocycles. The van der Waals surface area contributed by atoms with Crippen molar-refractivity contribution in [1.29, 1.82) is 0 Å². The molecule has 0 saturated carbocycles. The molecule has 0 fully saturated rings. The van der Waals surface area contributed by atoms with Crippen LogP contribution in [0.4, 0.5) is 0 Å². The summed E-state index contributed by atoms with van der Waals surface area (Å²) in [4.78, 5) is 0. The maximum absolute atomic E-state index is 2.61. The monoisotopic (exact) mass is 826 g/mol. The quantitative estimate of drug-likeness (QED) is 0.237. The van der Waals surface area contributed by atoms with Crippen molar-refractivity contribution in [3.63, 3.8) is 0 Å². The molecule has 2 nitrogen and oxygen atoms in total. The highest BCUT2D eigenvalue weighted by molar-refractivity contribution is 7.25. The number of thiophene rings is 1. The second-order valence-corrected chi connectivity index (χ2v) is 18.9. The van der Waals surface area contributed by atoms with Crippen LogP contribution < -0.4 is 38.2 Å². The summed E-state index contributed by atoms with van der Waals surface area (Å²) in [5.41, 5.74) is 24.4. The number of fused-ring (bicyclic) bond motifs is 9. The van der Waals surface area contributed by atoms with E-state index in [0.29, 0.717) is 0 Å². The van der Waals surface area contributed by atoms with Gasteiger partial charge in [0.15, 0.2) is 0 Å². The average molecular weight is 826 g/mol. The molecule has 0 aliphatic carbocycles. The van der Waals surface area contributed by atoms with Crippen LogP contribution in [0.15, 0.2) is 164 Å². The molecule has 10 heteroatoms. The first-order valence-electron chi connectivity index (χ1n) is 22.5. The van der Waals surface area contributed by atoms with Crippen LogP contribution in [-0.4, -0.2) is 64.1 Å². The minimum absolute atomic E-state index is 1.21. The molecular formula is C54H41B7N2S. The molecular weight excluding hydrogens is 784 g/mol. The zero-order valence-electron chi connectivity index (χ0n) is 37.4. The van der Waals surface area contributed by atoms with Crippen LogP contribution >= 0.6 is 11.3 Å². The van der Waals surface area contributed by atoms with Crippen LogP contribution in [0, 0.1) is 0 Å². The van der Waals surface area contributed by atoms with Gasteiger partial charge in [-0.1, -0.05) is 154 Å². The molecule has 0 spiro atoms. The lowest BCUT2D eigenvalue weighted by Gasteiger charge is -2.20. The highest BCUT2D eigenvalue weighted by Crippen LogP contribution is 2.44. The standard InChI is InChI=1S/C54H41B7N2S/c55-46-41(47(56)51(60)53-44(46)45-48(57)49(58)50(59)52(61)54(45)63(53)35-20-9-7-17-31(35)28-13-3-1-4-14-28)30-25-26-36-34(27-30)42-32(29-15-5-2-6-16-29)19-11-21-37(42)62(36)38-22-12-24-40-43(38)33-18-8-10-23-39(33)64-40/h1-27H,55-61H2. The fraction of sp³-hybridized carbons (Fsp3) is 0. The molecule has 0 bridgehead atoms. The van der Waals surface area contributed by atoms with Crippen molar-refractivity contribution in [2.45, 2.75) is 0 Å². The second-order valence-electron chi connectivity index (χ2n) is 17.8. The van der Waals surface area contributed by atoms with Gasteiger partial charge in [-0.3, -0.25) is 0 Å². The van der Waals surface area contributed by atoms with Gasteiger partial charge in [0.05, 0.1) is 22.4 Å². The van der Waals surface area contributed by atoms with Crippen LogP contribution in [0.1, 0.15) is 0 Å². The Morgan fingerprint density at radius 2 is 0.906 bits per heavy atom. The molecule has 0 radical (unpaired) electrons. The Kier molecular flexibility index (Phi) is 8.91. The molecule has 0 unspecified atom stereocenters. The van der Waals surface area contributed by atoms with Gasteiger partial charge in [0, 0.05) is 52.9 Å². The maximum atomic E-state index is 2.61. The molecule has 64 heavy (non-hydrogen) atoms. The zero-order chi connectivity index (χ0) is 43.5. The molecule has 12 aromatic rings. The number of rotatable bonds is 5. The Balaban J connectivity index is 1.19. The number of benzene rings is 9. The van der Waals surface area contributed by atoms with Gasteiger partial charge in [-0.2, -0.15) is 0 Å². The predicted octanol–water partition coefficient (Wildman–Crippen LogP) is 3.06. The molecule has 3 heterocycles. The Bertz CT molecular complexity index is 3930. The molecule has 0 amide bonds. The van der Waals surface area contributed by atoms with E-state index in [1.165, 1.54) is 147 Å². The Hall–Kier alpha value is -6.75. The summed E-state index contributed by atoms with van der Waals surface area (Å²) in [7, 11) is 16.4. The lowest BCUT2D eigenvalue weighted by atomic mass is 9.64. The second kappa shape index (κ2) is 14.7. The van der Waals surface area contributed by atoms with Crippen molar-refractivity contribution in [3.05, 3.63) is 164 Å². The molecule has 0 aliphatic rings. The first-order chi connectivity index (χ1) is 31.2. The van der Waals surface area contributed by atoms with Crippen molar-refractivity contribution in [2.24, 2.45) is 0 Å². The third-order valence-corrected chi connectivity index (χ3v) is 15.8. The number of nitrogens with zero attached hydrogens (tertiary/aromatic N) is 2. The number of aromatic nitrogens is 2. The summed E-state index contributed by atoms with van der Waals surface area (Å²) in [6.45, 7) is 0. The van der Waals surface area contributed by atoms with Gasteiger partial charge in [0.2, 0.25) is 0 Å². The van der Waals surface area contributed by atoms with Crippen LogP contribution in [-0.2, 0) is 0 Å². The van der Waals surface area contributed by atoms with Gasteiger partial charge in [0.25, 0.3) is 0 Å². The lowest BCUT2D eigenvalue weighted by molar-refractivity contribution is 1.19. The van der Waals surface area contributed by atoms with Gasteiger partial charge < -0.3 is 9.13 Å². The van der Waals surface area contributed by atoms with Gasteiger partial charge in [-0.05, 0) is 75.7 Å². The fourth-order valence-electron chi connectivity index (χ4n) is 11.2. The topological polar surface area (TPSA) is 9.86 Å². The Labute approximate surface area is 383 Å². The predicted molar refractivity (Wildman–Crippen MR) is 302 cm³/mol. The number of hydrogen-bond donors (Lipinski definition) is 0.